The normalized spacial score (nSPS) is 11.2. The second-order valence-corrected chi connectivity index (χ2v) is 5.07. The summed E-state index contributed by atoms with van der Waals surface area (Å²) in [6, 6.07) is 0. The second kappa shape index (κ2) is 6.24. The van der Waals surface area contributed by atoms with E-state index in [1.807, 2.05) is 0 Å². The van der Waals surface area contributed by atoms with Crippen LogP contribution in [0.3, 0.4) is 0 Å². The van der Waals surface area contributed by atoms with Crippen molar-refractivity contribution in [3.05, 3.63) is 47.0 Å². The number of pyridine rings is 1. The first-order valence-corrected chi connectivity index (χ1v) is 7.11. The summed E-state index contributed by atoms with van der Waals surface area (Å²) < 4.78 is 72.5. The maximum atomic E-state index is 13.6. The van der Waals surface area contributed by atoms with Gasteiger partial charge in [-0.15, -0.1) is 0 Å². The van der Waals surface area contributed by atoms with E-state index in [9.17, 15) is 26.7 Å². The fraction of sp³-hybridized carbons (Fsp3) is 0.133. The summed E-state index contributed by atoms with van der Waals surface area (Å²) in [7, 11) is 0. The van der Waals surface area contributed by atoms with Crippen molar-refractivity contribution >= 4 is 22.7 Å². The van der Waals surface area contributed by atoms with Gasteiger partial charge in [-0.1, -0.05) is 0 Å². The Bertz CT molecular complexity index is 1020. The van der Waals surface area contributed by atoms with Gasteiger partial charge in [0.1, 0.15) is 5.56 Å². The van der Waals surface area contributed by atoms with Crippen LogP contribution < -0.4 is 10.5 Å². The van der Waals surface area contributed by atoms with Crippen molar-refractivity contribution in [2.75, 3.05) is 5.73 Å². The van der Waals surface area contributed by atoms with Crippen LogP contribution in [-0.2, 0) is 6.54 Å². The summed E-state index contributed by atoms with van der Waals surface area (Å²) in [6.07, 6.45) is 2.27. The van der Waals surface area contributed by atoms with Gasteiger partial charge in [-0.2, -0.15) is 13.9 Å². The molecule has 0 spiro atoms. The van der Waals surface area contributed by atoms with Gasteiger partial charge in [-0.05, 0) is 6.92 Å². The highest BCUT2D eigenvalue weighted by Crippen LogP contribution is 2.31. The Balaban J connectivity index is 2.05. The number of esters is 1. The van der Waals surface area contributed by atoms with Crippen molar-refractivity contribution < 1.29 is 31.5 Å². The molecule has 3 aromatic rings. The van der Waals surface area contributed by atoms with Gasteiger partial charge in [0.25, 0.3) is 0 Å². The number of anilines is 1. The Morgan fingerprint density at radius 1 is 1.08 bits per heavy atom. The molecule has 136 valence electrons. The Hall–Kier alpha value is -3.24. The van der Waals surface area contributed by atoms with Gasteiger partial charge < -0.3 is 10.5 Å². The Morgan fingerprint density at radius 3 is 2.23 bits per heavy atom. The largest absolute Gasteiger partial charge is 0.416 e. The average Bonchev–Trinajstić information content (AvgIpc) is 3.06. The number of nitrogens with zero attached hydrogens (tertiary/aromatic N) is 3. The van der Waals surface area contributed by atoms with Crippen molar-refractivity contribution in [1.29, 1.82) is 0 Å². The number of hydrogen-bond donors (Lipinski definition) is 1. The Labute approximate surface area is 142 Å². The first-order chi connectivity index (χ1) is 12.3. The third-order valence-corrected chi connectivity index (χ3v) is 3.59. The Kier molecular flexibility index (Phi) is 4.22. The lowest BCUT2D eigenvalue weighted by atomic mass is 10.2. The number of benzene rings is 1. The van der Waals surface area contributed by atoms with E-state index in [4.69, 9.17) is 5.73 Å². The van der Waals surface area contributed by atoms with Crippen LogP contribution in [-0.4, -0.2) is 20.7 Å². The van der Waals surface area contributed by atoms with Crippen LogP contribution in [0.2, 0.25) is 0 Å². The SMILES string of the molecule is CCn1ncc2c(N)c(C(=O)Oc3c(F)c(F)c(F)c(F)c3F)cnc21. The second-order valence-electron chi connectivity index (χ2n) is 5.07. The molecule has 0 fully saturated rings. The predicted octanol–water partition coefficient (Wildman–Crippen LogP) is 2.95. The smallest absolute Gasteiger partial charge is 0.347 e. The van der Waals surface area contributed by atoms with Crippen LogP contribution in [0.15, 0.2) is 12.4 Å². The molecule has 2 N–H and O–H groups in total. The molecular weight excluding hydrogens is 363 g/mol. The van der Waals surface area contributed by atoms with E-state index in [1.165, 1.54) is 10.9 Å². The number of fused-ring (bicyclic) bond motifs is 1. The molecule has 2 heterocycles. The van der Waals surface area contributed by atoms with E-state index in [-0.39, 0.29) is 11.1 Å². The van der Waals surface area contributed by atoms with Crippen molar-refractivity contribution in [2.45, 2.75) is 13.5 Å². The minimum Gasteiger partial charge on any atom is -0.416 e. The first kappa shape index (κ1) is 17.6. The van der Waals surface area contributed by atoms with E-state index in [1.54, 1.807) is 6.92 Å². The van der Waals surface area contributed by atoms with Gasteiger partial charge in [0.2, 0.25) is 34.8 Å². The highest BCUT2D eigenvalue weighted by molar-refractivity contribution is 6.03. The van der Waals surface area contributed by atoms with Crippen LogP contribution in [0.4, 0.5) is 27.6 Å². The summed E-state index contributed by atoms with van der Waals surface area (Å²) in [6.45, 7) is 2.25. The number of carbonyl (C=O) groups excluding carboxylic acids is 1. The lowest BCUT2D eigenvalue weighted by molar-refractivity contribution is 0.0717. The number of rotatable bonds is 3. The number of aryl methyl sites for hydroxylation is 1. The molecule has 0 saturated carbocycles. The minimum absolute atomic E-state index is 0.163. The van der Waals surface area contributed by atoms with Gasteiger partial charge in [0, 0.05) is 12.7 Å². The molecule has 2 aromatic heterocycles. The molecule has 0 aliphatic rings. The van der Waals surface area contributed by atoms with Gasteiger partial charge in [0.05, 0.1) is 17.3 Å². The van der Waals surface area contributed by atoms with Gasteiger partial charge in [-0.25, -0.2) is 27.6 Å². The van der Waals surface area contributed by atoms with Gasteiger partial charge >= 0.3 is 5.97 Å². The lowest BCUT2D eigenvalue weighted by Crippen LogP contribution is -2.16. The third-order valence-electron chi connectivity index (χ3n) is 3.59. The summed E-state index contributed by atoms with van der Waals surface area (Å²) >= 11 is 0. The fourth-order valence-electron chi connectivity index (χ4n) is 2.26. The average molecular weight is 372 g/mol. The molecule has 0 radical (unpaired) electrons. The Morgan fingerprint density at radius 2 is 1.65 bits per heavy atom. The summed E-state index contributed by atoms with van der Waals surface area (Å²) in [5, 5.41) is 4.24. The number of carbonyl (C=O) groups is 1. The molecule has 0 amide bonds. The molecular formula is C15H9F5N4O2. The molecule has 0 atom stereocenters. The van der Waals surface area contributed by atoms with Gasteiger partial charge in [-0.3, -0.25) is 0 Å². The standard InChI is InChI=1S/C15H9F5N4O2/c1-2-24-14-5(4-23-24)12(21)6(3-22-14)15(25)26-13-10(19)8(17)7(16)9(18)11(13)20/h3-4H,2H2,1H3,(H2,21,22). The zero-order valence-corrected chi connectivity index (χ0v) is 13.0. The predicted molar refractivity (Wildman–Crippen MR) is 78.8 cm³/mol. The van der Waals surface area contributed by atoms with E-state index in [0.717, 1.165) is 6.20 Å². The molecule has 0 bridgehead atoms. The molecule has 3 rings (SSSR count). The van der Waals surface area contributed by atoms with Crippen molar-refractivity contribution in [3.8, 4) is 5.75 Å². The minimum atomic E-state index is -2.37. The summed E-state index contributed by atoms with van der Waals surface area (Å²) in [5.41, 5.74) is 5.57. The van der Waals surface area contributed by atoms with E-state index >= 15 is 0 Å². The topological polar surface area (TPSA) is 83.0 Å². The molecule has 0 unspecified atom stereocenters. The molecule has 11 heteroatoms. The van der Waals surface area contributed by atoms with E-state index in [2.05, 4.69) is 14.8 Å². The van der Waals surface area contributed by atoms with Crippen LogP contribution in [0.1, 0.15) is 17.3 Å². The molecule has 1 aromatic carbocycles. The molecule has 0 saturated heterocycles. The van der Waals surface area contributed by atoms with Crippen LogP contribution in [0.25, 0.3) is 11.0 Å². The van der Waals surface area contributed by atoms with Crippen molar-refractivity contribution in [2.24, 2.45) is 0 Å². The number of halogens is 5. The third kappa shape index (κ3) is 2.52. The van der Waals surface area contributed by atoms with Crippen molar-refractivity contribution in [3.63, 3.8) is 0 Å². The highest BCUT2D eigenvalue weighted by atomic mass is 19.2. The lowest BCUT2D eigenvalue weighted by Gasteiger charge is -2.10. The van der Waals surface area contributed by atoms with Crippen molar-refractivity contribution in [1.82, 2.24) is 14.8 Å². The first-order valence-electron chi connectivity index (χ1n) is 7.11. The quantitative estimate of drug-likeness (QED) is 0.251. The van der Waals surface area contributed by atoms with Crippen LogP contribution in [0, 0.1) is 29.1 Å². The number of nitrogens with two attached hydrogens (primary N) is 1. The molecule has 6 nitrogen and oxygen atoms in total. The maximum absolute atomic E-state index is 13.6. The molecule has 26 heavy (non-hydrogen) atoms. The summed E-state index contributed by atoms with van der Waals surface area (Å²) in [4.78, 5) is 16.1. The number of aromatic nitrogens is 3. The summed E-state index contributed by atoms with van der Waals surface area (Å²) in [5.74, 6) is -14.6. The van der Waals surface area contributed by atoms with E-state index < -0.39 is 46.4 Å². The highest BCUT2D eigenvalue weighted by Gasteiger charge is 2.29. The number of ether oxygens (including phenoxy) is 1. The van der Waals surface area contributed by atoms with Crippen LogP contribution >= 0.6 is 0 Å². The zero-order chi connectivity index (χ0) is 19.2. The van der Waals surface area contributed by atoms with Crippen LogP contribution in [0.5, 0.6) is 5.75 Å². The monoisotopic (exact) mass is 372 g/mol. The number of hydrogen-bond acceptors (Lipinski definition) is 5. The zero-order valence-electron chi connectivity index (χ0n) is 13.0. The maximum Gasteiger partial charge on any atom is 0.347 e. The van der Waals surface area contributed by atoms with E-state index in [0.29, 0.717) is 12.2 Å². The fourth-order valence-corrected chi connectivity index (χ4v) is 2.26. The molecule has 0 aliphatic carbocycles. The molecule has 0 aliphatic heterocycles. The van der Waals surface area contributed by atoms with Gasteiger partial charge in [0.15, 0.2) is 5.65 Å². The number of nitrogen functional groups attached to an aromatic ring is 1.